The molecule has 3 N–H and O–H groups in total. The van der Waals surface area contributed by atoms with Gasteiger partial charge >= 0.3 is 6.03 Å². The lowest BCUT2D eigenvalue weighted by Crippen LogP contribution is -2.19. The Kier molecular flexibility index (Phi) is 5.40. The first kappa shape index (κ1) is 20.6. The van der Waals surface area contributed by atoms with Crippen molar-refractivity contribution in [2.45, 2.75) is 20.4 Å². The Balaban J connectivity index is 1.46. The Hall–Kier alpha value is -4.32. The summed E-state index contributed by atoms with van der Waals surface area (Å²) >= 11 is 0. The third-order valence-corrected chi connectivity index (χ3v) is 5.67. The van der Waals surface area contributed by atoms with Crippen molar-refractivity contribution in [3.05, 3.63) is 90.8 Å². The van der Waals surface area contributed by atoms with Crippen molar-refractivity contribution < 1.29 is 4.79 Å². The first-order chi connectivity index (χ1) is 16.1. The predicted molar refractivity (Wildman–Crippen MR) is 134 cm³/mol. The van der Waals surface area contributed by atoms with Gasteiger partial charge in [0.2, 0.25) is 0 Å². The first-order valence-electron chi connectivity index (χ1n) is 11.0. The zero-order valence-corrected chi connectivity index (χ0v) is 18.6. The molecule has 0 saturated carbocycles. The minimum atomic E-state index is -0.285. The van der Waals surface area contributed by atoms with E-state index in [1.165, 1.54) is 0 Å². The molecule has 6 nitrogen and oxygen atoms in total. The molecule has 0 unspecified atom stereocenters. The summed E-state index contributed by atoms with van der Waals surface area (Å²) in [5.74, 6) is 0. The van der Waals surface area contributed by atoms with E-state index in [-0.39, 0.29) is 6.03 Å². The van der Waals surface area contributed by atoms with Gasteiger partial charge in [-0.05, 0) is 55.8 Å². The lowest BCUT2D eigenvalue weighted by Gasteiger charge is -2.10. The number of hydrogen-bond donors (Lipinski definition) is 3. The van der Waals surface area contributed by atoms with Crippen LogP contribution < -0.4 is 10.6 Å². The molecule has 6 heteroatoms. The molecule has 3 aromatic carbocycles. The second kappa shape index (κ2) is 8.67. The Morgan fingerprint density at radius 3 is 2.55 bits per heavy atom. The van der Waals surface area contributed by atoms with Crippen molar-refractivity contribution in [2.24, 2.45) is 0 Å². The number of H-pyrrole nitrogens is 1. The van der Waals surface area contributed by atoms with E-state index in [1.807, 2.05) is 66.3 Å². The van der Waals surface area contributed by atoms with Crippen LogP contribution in [0.5, 0.6) is 0 Å². The number of anilines is 2. The van der Waals surface area contributed by atoms with Crippen molar-refractivity contribution in [3.8, 4) is 22.4 Å². The van der Waals surface area contributed by atoms with Crippen molar-refractivity contribution in [3.63, 3.8) is 0 Å². The fourth-order valence-corrected chi connectivity index (χ4v) is 3.99. The van der Waals surface area contributed by atoms with Gasteiger partial charge < -0.3 is 15.6 Å². The van der Waals surface area contributed by atoms with Gasteiger partial charge in [-0.1, -0.05) is 42.0 Å². The van der Waals surface area contributed by atoms with Gasteiger partial charge in [-0.2, -0.15) is 5.10 Å². The van der Waals surface area contributed by atoms with E-state index >= 15 is 0 Å². The summed E-state index contributed by atoms with van der Waals surface area (Å²) in [4.78, 5) is 15.8. The average Bonchev–Trinajstić information content (AvgIpc) is 3.48. The zero-order valence-electron chi connectivity index (χ0n) is 18.6. The number of carbonyl (C=O) groups excluding carboxylic acids is 1. The van der Waals surface area contributed by atoms with Crippen LogP contribution in [0.3, 0.4) is 0 Å². The number of amides is 2. The molecule has 0 radical (unpaired) electrons. The number of hydrogen-bond acceptors (Lipinski definition) is 2. The SMILES string of the molecule is CCn1cc(-c2cccc3[nH]ccc23)c(-c2cccc(NC(=O)Nc3ccc(C)cc3)c2)n1. The molecule has 0 aliphatic heterocycles. The molecular weight excluding hydrogens is 410 g/mol. The summed E-state index contributed by atoms with van der Waals surface area (Å²) in [6.07, 6.45) is 4.04. The number of fused-ring (bicyclic) bond motifs is 1. The highest BCUT2D eigenvalue weighted by Crippen LogP contribution is 2.36. The number of nitrogens with zero attached hydrogens (tertiary/aromatic N) is 2. The lowest BCUT2D eigenvalue weighted by molar-refractivity contribution is 0.262. The molecule has 2 aromatic heterocycles. The number of aromatic nitrogens is 3. The summed E-state index contributed by atoms with van der Waals surface area (Å²) in [5, 5.41) is 11.8. The van der Waals surface area contributed by atoms with Crippen LogP contribution in [0.2, 0.25) is 0 Å². The van der Waals surface area contributed by atoms with Crippen LogP contribution in [0.4, 0.5) is 16.2 Å². The summed E-state index contributed by atoms with van der Waals surface area (Å²) in [6, 6.07) is 23.5. The maximum absolute atomic E-state index is 12.5. The molecular formula is C27H25N5O. The third-order valence-electron chi connectivity index (χ3n) is 5.67. The largest absolute Gasteiger partial charge is 0.361 e. The van der Waals surface area contributed by atoms with Crippen LogP contribution in [0.25, 0.3) is 33.3 Å². The molecule has 0 bridgehead atoms. The van der Waals surface area contributed by atoms with E-state index < -0.39 is 0 Å². The minimum Gasteiger partial charge on any atom is -0.361 e. The van der Waals surface area contributed by atoms with Crippen LogP contribution in [-0.4, -0.2) is 20.8 Å². The number of aryl methyl sites for hydroxylation is 2. The minimum absolute atomic E-state index is 0.285. The Labute approximate surface area is 192 Å². The molecule has 5 aromatic rings. The Morgan fingerprint density at radius 2 is 1.73 bits per heavy atom. The maximum Gasteiger partial charge on any atom is 0.323 e. The first-order valence-corrected chi connectivity index (χ1v) is 11.0. The summed E-state index contributed by atoms with van der Waals surface area (Å²) < 4.78 is 1.94. The number of rotatable bonds is 5. The lowest BCUT2D eigenvalue weighted by atomic mass is 9.99. The zero-order chi connectivity index (χ0) is 22.8. The second-order valence-corrected chi connectivity index (χ2v) is 8.02. The topological polar surface area (TPSA) is 74.7 Å². The molecule has 0 saturated heterocycles. The quantitative estimate of drug-likeness (QED) is 0.288. The molecule has 33 heavy (non-hydrogen) atoms. The normalized spacial score (nSPS) is 11.0. The number of nitrogens with one attached hydrogen (secondary N) is 3. The van der Waals surface area contributed by atoms with E-state index in [2.05, 4.69) is 53.0 Å². The monoisotopic (exact) mass is 435 g/mol. The van der Waals surface area contributed by atoms with Crippen LogP contribution in [0.1, 0.15) is 12.5 Å². The van der Waals surface area contributed by atoms with Crippen LogP contribution in [0, 0.1) is 6.92 Å². The summed E-state index contributed by atoms with van der Waals surface area (Å²) in [7, 11) is 0. The van der Waals surface area contributed by atoms with Gasteiger partial charge in [0, 0.05) is 52.3 Å². The van der Waals surface area contributed by atoms with Crippen LogP contribution >= 0.6 is 0 Å². The summed E-state index contributed by atoms with van der Waals surface area (Å²) in [6.45, 7) is 4.86. The third kappa shape index (κ3) is 4.23. The number of aromatic amines is 1. The molecule has 0 spiro atoms. The molecule has 2 amide bonds. The molecule has 0 aliphatic rings. The van der Waals surface area contributed by atoms with Gasteiger partial charge in [0.1, 0.15) is 5.69 Å². The van der Waals surface area contributed by atoms with E-state index in [9.17, 15) is 4.79 Å². The smallest absolute Gasteiger partial charge is 0.323 e. The molecule has 164 valence electrons. The van der Waals surface area contributed by atoms with Crippen molar-refractivity contribution in [1.82, 2.24) is 14.8 Å². The number of carbonyl (C=O) groups is 1. The van der Waals surface area contributed by atoms with Crippen molar-refractivity contribution in [1.29, 1.82) is 0 Å². The molecule has 0 aliphatic carbocycles. The highest BCUT2D eigenvalue weighted by atomic mass is 16.2. The van der Waals surface area contributed by atoms with Gasteiger partial charge in [-0.25, -0.2) is 4.79 Å². The van der Waals surface area contributed by atoms with Gasteiger partial charge in [0.25, 0.3) is 0 Å². The van der Waals surface area contributed by atoms with Crippen LogP contribution in [-0.2, 0) is 6.54 Å². The number of benzene rings is 3. The van der Waals surface area contributed by atoms with E-state index in [0.29, 0.717) is 5.69 Å². The predicted octanol–water partition coefficient (Wildman–Crippen LogP) is 6.67. The fourth-order valence-electron chi connectivity index (χ4n) is 3.99. The molecule has 0 fully saturated rings. The van der Waals surface area contributed by atoms with Gasteiger partial charge in [-0.3, -0.25) is 4.68 Å². The molecule has 2 heterocycles. The van der Waals surface area contributed by atoms with Crippen LogP contribution in [0.15, 0.2) is 85.2 Å². The molecule has 5 rings (SSSR count). The number of urea groups is 1. The van der Waals surface area contributed by atoms with Crippen molar-refractivity contribution in [2.75, 3.05) is 10.6 Å². The maximum atomic E-state index is 12.5. The average molecular weight is 436 g/mol. The summed E-state index contributed by atoms with van der Waals surface area (Å²) in [5.41, 5.74) is 7.69. The fraction of sp³-hybridized carbons (Fsp3) is 0.111. The van der Waals surface area contributed by atoms with Gasteiger partial charge in [0.05, 0.1) is 0 Å². The van der Waals surface area contributed by atoms with Gasteiger partial charge in [-0.15, -0.1) is 0 Å². The highest BCUT2D eigenvalue weighted by molar-refractivity contribution is 6.01. The highest BCUT2D eigenvalue weighted by Gasteiger charge is 2.16. The molecule has 0 atom stereocenters. The van der Waals surface area contributed by atoms with Crippen molar-refractivity contribution >= 4 is 28.3 Å². The Morgan fingerprint density at radius 1 is 0.939 bits per heavy atom. The Bertz CT molecular complexity index is 1430. The second-order valence-electron chi connectivity index (χ2n) is 8.02. The van der Waals surface area contributed by atoms with E-state index in [0.717, 1.165) is 51.1 Å². The van der Waals surface area contributed by atoms with E-state index in [4.69, 9.17) is 5.10 Å². The van der Waals surface area contributed by atoms with E-state index in [1.54, 1.807) is 0 Å². The standard InChI is InChI=1S/C27H25N5O/c1-3-32-17-24(22-8-5-9-25-23(22)14-15-28-25)26(31-32)19-6-4-7-21(16-19)30-27(33)29-20-12-10-18(2)11-13-20/h4-17,28H,3H2,1-2H3,(H2,29,30,33). The van der Waals surface area contributed by atoms with Gasteiger partial charge in [0.15, 0.2) is 0 Å².